The van der Waals surface area contributed by atoms with Gasteiger partial charge in [-0.3, -0.25) is 4.57 Å². The number of nitrogen functional groups attached to an aromatic ring is 1. The number of imidazole rings is 1. The number of rotatable bonds is 4. The number of ether oxygens (including phenoxy) is 1. The molecule has 0 saturated heterocycles. The van der Waals surface area contributed by atoms with Crippen molar-refractivity contribution in [1.29, 1.82) is 0 Å². The molecule has 0 amide bonds. The Morgan fingerprint density at radius 2 is 2.15 bits per heavy atom. The maximum absolute atomic E-state index is 5.92. The van der Waals surface area contributed by atoms with Crippen LogP contribution >= 0.6 is 0 Å². The molecular weight excluding hydrogens is 260 g/mol. The van der Waals surface area contributed by atoms with Crippen molar-refractivity contribution in [2.24, 2.45) is 0 Å². The SMILES string of the molecule is COc1ccc2nc(N)n(CCc3noc(C)n3)c2n1. The van der Waals surface area contributed by atoms with Crippen LogP contribution in [-0.4, -0.2) is 31.8 Å². The van der Waals surface area contributed by atoms with Gasteiger partial charge >= 0.3 is 0 Å². The van der Waals surface area contributed by atoms with Gasteiger partial charge in [-0.1, -0.05) is 5.16 Å². The first-order valence-corrected chi connectivity index (χ1v) is 6.13. The van der Waals surface area contributed by atoms with Gasteiger partial charge in [0.25, 0.3) is 0 Å². The summed E-state index contributed by atoms with van der Waals surface area (Å²) in [6.07, 6.45) is 0.589. The molecule has 3 aromatic rings. The predicted octanol–water partition coefficient (Wildman–Crippen LogP) is 0.956. The fourth-order valence-corrected chi connectivity index (χ4v) is 1.99. The number of hydrogen-bond acceptors (Lipinski definition) is 7. The Labute approximate surface area is 114 Å². The third kappa shape index (κ3) is 2.15. The van der Waals surface area contributed by atoms with Crippen LogP contribution in [0.2, 0.25) is 0 Å². The number of fused-ring (bicyclic) bond motifs is 1. The maximum atomic E-state index is 5.92. The van der Waals surface area contributed by atoms with Gasteiger partial charge in [-0.25, -0.2) is 4.98 Å². The van der Waals surface area contributed by atoms with Crippen LogP contribution in [0.15, 0.2) is 16.7 Å². The number of aromatic nitrogens is 5. The van der Waals surface area contributed by atoms with E-state index in [2.05, 4.69) is 20.1 Å². The molecule has 8 nitrogen and oxygen atoms in total. The van der Waals surface area contributed by atoms with Gasteiger partial charge in [-0.15, -0.1) is 0 Å². The highest BCUT2D eigenvalue weighted by Gasteiger charge is 2.12. The van der Waals surface area contributed by atoms with E-state index in [9.17, 15) is 0 Å². The van der Waals surface area contributed by atoms with Crippen LogP contribution in [-0.2, 0) is 13.0 Å². The molecule has 2 N–H and O–H groups in total. The van der Waals surface area contributed by atoms with E-state index in [1.54, 1.807) is 20.1 Å². The summed E-state index contributed by atoms with van der Waals surface area (Å²) in [7, 11) is 1.57. The smallest absolute Gasteiger partial charge is 0.223 e. The average Bonchev–Trinajstić information content (AvgIpc) is 2.98. The lowest BCUT2D eigenvalue weighted by atomic mass is 10.4. The Hall–Kier alpha value is -2.64. The van der Waals surface area contributed by atoms with Crippen molar-refractivity contribution in [2.45, 2.75) is 19.9 Å². The number of aryl methyl sites for hydroxylation is 3. The molecule has 0 aliphatic heterocycles. The lowest BCUT2D eigenvalue weighted by molar-refractivity contribution is 0.386. The highest BCUT2D eigenvalue weighted by molar-refractivity contribution is 5.74. The zero-order valence-corrected chi connectivity index (χ0v) is 11.2. The van der Waals surface area contributed by atoms with Crippen molar-refractivity contribution in [3.05, 3.63) is 23.8 Å². The zero-order valence-electron chi connectivity index (χ0n) is 11.2. The summed E-state index contributed by atoms with van der Waals surface area (Å²) in [5.41, 5.74) is 7.33. The second-order valence-corrected chi connectivity index (χ2v) is 4.30. The van der Waals surface area contributed by atoms with Crippen molar-refractivity contribution in [2.75, 3.05) is 12.8 Å². The summed E-state index contributed by atoms with van der Waals surface area (Å²) < 4.78 is 11.9. The van der Waals surface area contributed by atoms with Crippen LogP contribution in [0.1, 0.15) is 11.7 Å². The lowest BCUT2D eigenvalue weighted by Crippen LogP contribution is -2.07. The second-order valence-electron chi connectivity index (χ2n) is 4.30. The lowest BCUT2D eigenvalue weighted by Gasteiger charge is -2.04. The largest absolute Gasteiger partial charge is 0.481 e. The summed E-state index contributed by atoms with van der Waals surface area (Å²) in [5.74, 6) is 2.10. The molecule has 3 rings (SSSR count). The molecule has 0 aliphatic rings. The first-order valence-electron chi connectivity index (χ1n) is 6.13. The monoisotopic (exact) mass is 274 g/mol. The highest BCUT2D eigenvalue weighted by atomic mass is 16.5. The topological polar surface area (TPSA) is 105 Å². The van der Waals surface area contributed by atoms with E-state index in [0.717, 1.165) is 5.52 Å². The van der Waals surface area contributed by atoms with E-state index in [-0.39, 0.29) is 0 Å². The van der Waals surface area contributed by atoms with E-state index < -0.39 is 0 Å². The molecule has 8 heteroatoms. The van der Waals surface area contributed by atoms with Gasteiger partial charge < -0.3 is 15.0 Å². The molecule has 0 saturated carbocycles. The van der Waals surface area contributed by atoms with Gasteiger partial charge in [0.15, 0.2) is 11.5 Å². The number of methoxy groups -OCH3 is 1. The van der Waals surface area contributed by atoms with Gasteiger partial charge in [0.1, 0.15) is 5.52 Å². The number of hydrogen-bond donors (Lipinski definition) is 1. The van der Waals surface area contributed by atoms with Crippen LogP contribution in [0.25, 0.3) is 11.2 Å². The van der Waals surface area contributed by atoms with Crippen LogP contribution in [0.4, 0.5) is 5.95 Å². The van der Waals surface area contributed by atoms with Crippen LogP contribution in [0, 0.1) is 6.92 Å². The van der Waals surface area contributed by atoms with Crippen molar-refractivity contribution in [1.82, 2.24) is 24.7 Å². The molecule has 0 radical (unpaired) electrons. The quantitative estimate of drug-likeness (QED) is 0.755. The Morgan fingerprint density at radius 3 is 2.85 bits per heavy atom. The van der Waals surface area contributed by atoms with E-state index >= 15 is 0 Å². The van der Waals surface area contributed by atoms with E-state index in [0.29, 0.717) is 42.2 Å². The molecule has 104 valence electrons. The molecule has 0 atom stereocenters. The first-order chi connectivity index (χ1) is 9.67. The summed E-state index contributed by atoms with van der Waals surface area (Å²) in [5, 5.41) is 3.85. The number of anilines is 1. The van der Waals surface area contributed by atoms with Gasteiger partial charge in [-0.05, 0) is 6.07 Å². The second kappa shape index (κ2) is 4.80. The number of nitrogens with two attached hydrogens (primary N) is 1. The molecule has 3 aromatic heterocycles. The Morgan fingerprint density at radius 1 is 1.30 bits per heavy atom. The van der Waals surface area contributed by atoms with Crippen molar-refractivity contribution in [3.63, 3.8) is 0 Å². The van der Waals surface area contributed by atoms with Crippen LogP contribution in [0.3, 0.4) is 0 Å². The van der Waals surface area contributed by atoms with Gasteiger partial charge in [-0.2, -0.15) is 9.97 Å². The Balaban J connectivity index is 1.91. The molecular formula is C12H14N6O2. The highest BCUT2D eigenvalue weighted by Crippen LogP contribution is 2.19. The Kier molecular flexibility index (Phi) is 2.97. The average molecular weight is 274 g/mol. The molecule has 20 heavy (non-hydrogen) atoms. The maximum Gasteiger partial charge on any atom is 0.223 e. The first kappa shape index (κ1) is 12.4. The third-order valence-electron chi connectivity index (χ3n) is 2.93. The summed E-state index contributed by atoms with van der Waals surface area (Å²) in [6, 6.07) is 3.58. The molecule has 0 unspecified atom stereocenters. The minimum Gasteiger partial charge on any atom is -0.481 e. The molecule has 0 spiro atoms. The minimum atomic E-state index is 0.404. The van der Waals surface area contributed by atoms with Crippen molar-refractivity contribution < 1.29 is 9.26 Å². The fourth-order valence-electron chi connectivity index (χ4n) is 1.99. The standard InChI is InChI=1S/C12H14N6O2/c1-7-14-9(17-20-7)5-6-18-11-8(15-12(18)13)3-4-10(16-11)19-2/h3-4H,5-6H2,1-2H3,(H2,13,15). The van der Waals surface area contributed by atoms with E-state index in [1.807, 2.05) is 10.6 Å². The molecule has 0 bridgehead atoms. The van der Waals surface area contributed by atoms with Gasteiger partial charge in [0.2, 0.25) is 17.7 Å². The van der Waals surface area contributed by atoms with E-state index in [1.165, 1.54) is 0 Å². The Bertz CT molecular complexity index is 748. The summed E-state index contributed by atoms with van der Waals surface area (Å²) in [6.45, 7) is 2.32. The third-order valence-corrected chi connectivity index (χ3v) is 2.93. The van der Waals surface area contributed by atoms with Crippen LogP contribution < -0.4 is 10.5 Å². The molecule has 3 heterocycles. The summed E-state index contributed by atoms with van der Waals surface area (Å²) in [4.78, 5) is 12.8. The van der Waals surface area contributed by atoms with Crippen LogP contribution in [0.5, 0.6) is 5.88 Å². The van der Waals surface area contributed by atoms with Gasteiger partial charge in [0.05, 0.1) is 7.11 Å². The molecule has 0 fully saturated rings. The predicted molar refractivity (Wildman–Crippen MR) is 71.2 cm³/mol. The molecule has 0 aromatic carbocycles. The van der Waals surface area contributed by atoms with Crippen molar-refractivity contribution >= 4 is 17.1 Å². The number of pyridine rings is 1. The number of nitrogens with zero attached hydrogens (tertiary/aromatic N) is 5. The zero-order chi connectivity index (χ0) is 14.1. The minimum absolute atomic E-state index is 0.404. The van der Waals surface area contributed by atoms with E-state index in [4.69, 9.17) is 15.0 Å². The molecule has 0 aliphatic carbocycles. The summed E-state index contributed by atoms with van der Waals surface area (Å²) >= 11 is 0. The van der Waals surface area contributed by atoms with Crippen molar-refractivity contribution in [3.8, 4) is 5.88 Å². The van der Waals surface area contributed by atoms with Gasteiger partial charge in [0, 0.05) is 26.0 Å². The normalized spacial score (nSPS) is 11.1. The fraction of sp³-hybridized carbons (Fsp3) is 0.333.